The van der Waals surface area contributed by atoms with Gasteiger partial charge in [0.2, 0.25) is 0 Å². The Kier molecular flexibility index (Phi) is 3.66. The lowest BCUT2D eigenvalue weighted by atomic mass is 10.0. The van der Waals surface area contributed by atoms with Crippen LogP contribution in [0.4, 0.5) is 10.1 Å². The molecule has 122 valence electrons. The highest BCUT2D eigenvalue weighted by Crippen LogP contribution is 2.36. The zero-order chi connectivity index (χ0) is 16.7. The molecule has 0 radical (unpaired) electrons. The number of hydrogen-bond acceptors (Lipinski definition) is 3. The largest absolute Gasteiger partial charge is 0.266 e. The molecule has 4 rings (SSSR count). The smallest absolute Gasteiger partial charge is 0.264 e. The molecule has 6 heteroatoms. The van der Waals surface area contributed by atoms with Crippen molar-refractivity contribution in [2.75, 3.05) is 10.8 Å². The highest BCUT2D eigenvalue weighted by Gasteiger charge is 2.31. The van der Waals surface area contributed by atoms with Gasteiger partial charge in [0, 0.05) is 6.54 Å². The minimum Gasteiger partial charge on any atom is -0.266 e. The molecule has 0 N–H and O–H groups in total. The average Bonchev–Trinajstić information content (AvgIpc) is 3.24. The zero-order valence-electron chi connectivity index (χ0n) is 12.6. The summed E-state index contributed by atoms with van der Waals surface area (Å²) in [6, 6.07) is 12.9. The first-order valence-corrected chi connectivity index (χ1v) is 9.88. The molecule has 0 aliphatic carbocycles. The van der Waals surface area contributed by atoms with Crippen molar-refractivity contribution in [2.45, 2.75) is 11.3 Å². The fraction of sp³-hybridized carbons (Fsp3) is 0.111. The molecule has 1 aliphatic heterocycles. The highest BCUT2D eigenvalue weighted by atomic mass is 32.2. The molecule has 0 unspecified atom stereocenters. The van der Waals surface area contributed by atoms with E-state index < -0.39 is 15.8 Å². The molecule has 3 nitrogen and oxygen atoms in total. The number of thiophene rings is 1. The number of nitrogens with zero attached hydrogens (tertiary/aromatic N) is 1. The molecular formula is C18H14FNO2S2. The van der Waals surface area contributed by atoms with Gasteiger partial charge in [-0.1, -0.05) is 6.07 Å². The Labute approximate surface area is 144 Å². The van der Waals surface area contributed by atoms with E-state index in [1.807, 2.05) is 23.6 Å². The molecular weight excluding hydrogens is 345 g/mol. The summed E-state index contributed by atoms with van der Waals surface area (Å²) in [5.41, 5.74) is 3.96. The van der Waals surface area contributed by atoms with Gasteiger partial charge in [0.1, 0.15) is 5.82 Å². The van der Waals surface area contributed by atoms with Crippen LogP contribution in [0.5, 0.6) is 0 Å². The molecule has 0 saturated heterocycles. The first-order valence-electron chi connectivity index (χ1n) is 7.49. The molecule has 3 aromatic rings. The predicted octanol–water partition coefficient (Wildman–Crippen LogP) is 4.31. The molecule has 24 heavy (non-hydrogen) atoms. The van der Waals surface area contributed by atoms with Crippen LogP contribution in [0.2, 0.25) is 0 Å². The summed E-state index contributed by atoms with van der Waals surface area (Å²) in [5.74, 6) is -0.448. The molecule has 0 spiro atoms. The van der Waals surface area contributed by atoms with Crippen molar-refractivity contribution in [1.29, 1.82) is 0 Å². The van der Waals surface area contributed by atoms with Crippen LogP contribution in [0.3, 0.4) is 0 Å². The van der Waals surface area contributed by atoms with Gasteiger partial charge in [0.15, 0.2) is 0 Å². The Hall–Kier alpha value is -2.18. The number of halogens is 1. The Morgan fingerprint density at radius 3 is 2.50 bits per heavy atom. The van der Waals surface area contributed by atoms with E-state index >= 15 is 0 Å². The fourth-order valence-corrected chi connectivity index (χ4v) is 5.13. The van der Waals surface area contributed by atoms with E-state index in [0.717, 1.165) is 16.7 Å². The van der Waals surface area contributed by atoms with Crippen LogP contribution in [-0.2, 0) is 16.4 Å². The first kappa shape index (κ1) is 15.4. The second kappa shape index (κ2) is 5.72. The fourth-order valence-electron chi connectivity index (χ4n) is 2.96. The van der Waals surface area contributed by atoms with E-state index in [1.54, 1.807) is 11.3 Å². The average molecular weight is 359 g/mol. The maximum Gasteiger partial charge on any atom is 0.264 e. The van der Waals surface area contributed by atoms with Gasteiger partial charge < -0.3 is 0 Å². The molecule has 0 bridgehead atoms. The molecule has 0 atom stereocenters. The lowest BCUT2D eigenvalue weighted by molar-refractivity contribution is 0.591. The third kappa shape index (κ3) is 2.52. The summed E-state index contributed by atoms with van der Waals surface area (Å²) < 4.78 is 40.1. The van der Waals surface area contributed by atoms with Gasteiger partial charge in [0.05, 0.1) is 10.6 Å². The van der Waals surface area contributed by atoms with Gasteiger partial charge in [-0.3, -0.25) is 4.31 Å². The van der Waals surface area contributed by atoms with Crippen molar-refractivity contribution in [3.63, 3.8) is 0 Å². The minimum atomic E-state index is -3.67. The maximum absolute atomic E-state index is 13.1. The second-order valence-corrected chi connectivity index (χ2v) is 8.28. The van der Waals surface area contributed by atoms with Crippen molar-refractivity contribution >= 4 is 27.0 Å². The van der Waals surface area contributed by atoms with Crippen molar-refractivity contribution in [1.82, 2.24) is 0 Å². The summed E-state index contributed by atoms with van der Waals surface area (Å²) >= 11 is 1.63. The summed E-state index contributed by atoms with van der Waals surface area (Å²) in [5, 5.41) is 4.09. The second-order valence-electron chi connectivity index (χ2n) is 5.64. The van der Waals surface area contributed by atoms with Crippen LogP contribution in [0.1, 0.15) is 5.56 Å². The topological polar surface area (TPSA) is 37.4 Å². The molecule has 0 saturated carbocycles. The number of hydrogen-bond donors (Lipinski definition) is 0. The number of rotatable bonds is 3. The summed E-state index contributed by atoms with van der Waals surface area (Å²) in [6.45, 7) is 0.405. The number of sulfonamides is 1. The number of fused-ring (bicyclic) bond motifs is 1. The van der Waals surface area contributed by atoms with E-state index in [2.05, 4.69) is 11.4 Å². The molecule has 2 heterocycles. The van der Waals surface area contributed by atoms with E-state index in [0.29, 0.717) is 18.7 Å². The van der Waals surface area contributed by atoms with Crippen molar-refractivity contribution in [3.8, 4) is 11.1 Å². The molecule has 0 amide bonds. The summed E-state index contributed by atoms with van der Waals surface area (Å²) in [7, 11) is -3.67. The lowest BCUT2D eigenvalue weighted by Gasteiger charge is -2.19. The van der Waals surface area contributed by atoms with E-state index in [1.165, 1.54) is 28.6 Å². The lowest BCUT2D eigenvalue weighted by Crippen LogP contribution is -2.29. The Morgan fingerprint density at radius 1 is 1.00 bits per heavy atom. The van der Waals surface area contributed by atoms with Crippen molar-refractivity contribution < 1.29 is 12.8 Å². The van der Waals surface area contributed by atoms with Crippen molar-refractivity contribution in [2.24, 2.45) is 0 Å². The Bertz CT molecular complexity index is 980. The van der Waals surface area contributed by atoms with E-state index in [4.69, 9.17) is 0 Å². The van der Waals surface area contributed by atoms with Crippen LogP contribution in [0, 0.1) is 5.82 Å². The van der Waals surface area contributed by atoms with Gasteiger partial charge in [-0.2, -0.15) is 11.3 Å². The normalized spacial score (nSPS) is 14.0. The third-order valence-corrected chi connectivity index (χ3v) is 6.70. The molecule has 0 fully saturated rings. The Balaban J connectivity index is 1.72. The van der Waals surface area contributed by atoms with Gasteiger partial charge in [-0.15, -0.1) is 0 Å². The van der Waals surface area contributed by atoms with Crippen LogP contribution in [0.25, 0.3) is 11.1 Å². The molecule has 2 aromatic carbocycles. The van der Waals surface area contributed by atoms with Gasteiger partial charge in [0.25, 0.3) is 10.0 Å². The van der Waals surface area contributed by atoms with Gasteiger partial charge in [-0.05, 0) is 76.3 Å². The van der Waals surface area contributed by atoms with Crippen LogP contribution in [-0.4, -0.2) is 15.0 Å². The SMILES string of the molecule is O=S(=O)(c1ccc(F)cc1)N1CCc2cc(-c3ccsc3)ccc21. The zero-order valence-corrected chi connectivity index (χ0v) is 14.3. The maximum atomic E-state index is 13.1. The summed E-state index contributed by atoms with van der Waals surface area (Å²) in [4.78, 5) is 0.110. The standard InChI is InChI=1S/C18H14FNO2S2/c19-16-2-4-17(5-3-16)24(21,22)20-9-7-14-11-13(1-6-18(14)20)15-8-10-23-12-15/h1-6,8,10-12H,7,9H2. The highest BCUT2D eigenvalue weighted by molar-refractivity contribution is 7.92. The Morgan fingerprint density at radius 2 is 1.79 bits per heavy atom. The number of benzene rings is 2. The van der Waals surface area contributed by atoms with Crippen LogP contribution >= 0.6 is 11.3 Å². The quantitative estimate of drug-likeness (QED) is 0.699. The predicted molar refractivity (Wildman–Crippen MR) is 94.4 cm³/mol. The first-order chi connectivity index (χ1) is 11.6. The summed E-state index contributed by atoms with van der Waals surface area (Å²) in [6.07, 6.45) is 0.674. The van der Waals surface area contributed by atoms with E-state index in [-0.39, 0.29) is 4.90 Å². The monoisotopic (exact) mass is 359 g/mol. The van der Waals surface area contributed by atoms with Crippen LogP contribution < -0.4 is 4.31 Å². The van der Waals surface area contributed by atoms with E-state index in [9.17, 15) is 12.8 Å². The number of anilines is 1. The van der Waals surface area contributed by atoms with Gasteiger partial charge in [-0.25, -0.2) is 12.8 Å². The minimum absolute atomic E-state index is 0.110. The van der Waals surface area contributed by atoms with Crippen molar-refractivity contribution in [3.05, 3.63) is 70.7 Å². The van der Waals surface area contributed by atoms with Crippen LogP contribution in [0.15, 0.2) is 64.2 Å². The molecule has 1 aromatic heterocycles. The molecule has 1 aliphatic rings. The third-order valence-electron chi connectivity index (χ3n) is 4.19. The van der Waals surface area contributed by atoms with Gasteiger partial charge >= 0.3 is 0 Å².